The fraction of sp³-hybridized carbons (Fsp3) is 0.267. The Balaban J connectivity index is 1.98. The van der Waals surface area contributed by atoms with Gasteiger partial charge in [-0.05, 0) is 19.1 Å². The second kappa shape index (κ2) is 6.30. The van der Waals surface area contributed by atoms with E-state index in [0.29, 0.717) is 6.67 Å². The van der Waals surface area contributed by atoms with Gasteiger partial charge in [0.05, 0.1) is 13.0 Å². The molecule has 0 radical (unpaired) electrons. The third-order valence-electron chi connectivity index (χ3n) is 3.41. The first-order valence-electron chi connectivity index (χ1n) is 7.18. The number of aromatic nitrogens is 3. The minimum absolute atomic E-state index is 0.687. The van der Waals surface area contributed by atoms with Gasteiger partial charge in [-0.2, -0.15) is 0 Å². The Hall–Kier alpha value is -2.83. The lowest BCUT2D eigenvalue weighted by atomic mass is 10.3. The van der Waals surface area contributed by atoms with E-state index >= 15 is 0 Å². The predicted octanol–water partition coefficient (Wildman–Crippen LogP) is 1.72. The van der Waals surface area contributed by atoms with E-state index in [1.54, 1.807) is 12.5 Å². The number of aliphatic imine (C=N–C) groups is 1. The highest BCUT2D eigenvalue weighted by molar-refractivity contribution is 5.71. The van der Waals surface area contributed by atoms with E-state index < -0.39 is 0 Å². The summed E-state index contributed by atoms with van der Waals surface area (Å²) in [5.41, 5.74) is 0.831. The van der Waals surface area contributed by atoms with Crippen LogP contribution in [-0.4, -0.2) is 46.0 Å². The molecule has 114 valence electrons. The maximum atomic E-state index is 4.73. The van der Waals surface area contributed by atoms with Crippen molar-refractivity contribution in [3.05, 3.63) is 43.3 Å². The number of nitrogens with one attached hydrogen (secondary N) is 1. The van der Waals surface area contributed by atoms with Gasteiger partial charge in [0.25, 0.3) is 0 Å². The van der Waals surface area contributed by atoms with E-state index in [0.717, 1.165) is 23.9 Å². The highest BCUT2D eigenvalue weighted by atomic mass is 15.3. The minimum Gasteiger partial charge on any atom is -0.372 e. The Morgan fingerprint density at radius 2 is 2.36 bits per heavy atom. The zero-order valence-corrected chi connectivity index (χ0v) is 12.7. The summed E-state index contributed by atoms with van der Waals surface area (Å²) in [6.07, 6.45) is 11.0. The Morgan fingerprint density at radius 1 is 1.45 bits per heavy atom. The molecule has 0 atom stereocenters. The van der Waals surface area contributed by atoms with Gasteiger partial charge in [0.15, 0.2) is 5.82 Å². The first-order valence-corrected chi connectivity index (χ1v) is 7.18. The van der Waals surface area contributed by atoms with Gasteiger partial charge in [0, 0.05) is 38.4 Å². The molecular formula is C15H19N7. The van der Waals surface area contributed by atoms with Crippen LogP contribution in [0.1, 0.15) is 6.92 Å². The van der Waals surface area contributed by atoms with Crippen LogP contribution >= 0.6 is 0 Å². The summed E-state index contributed by atoms with van der Waals surface area (Å²) < 4.78 is 1.88. The van der Waals surface area contributed by atoms with Crippen LogP contribution in [0.2, 0.25) is 0 Å². The molecule has 0 saturated carbocycles. The van der Waals surface area contributed by atoms with Crippen LogP contribution in [0, 0.1) is 0 Å². The topological polar surface area (TPSA) is 61.6 Å². The van der Waals surface area contributed by atoms with Crippen LogP contribution < -0.4 is 10.2 Å². The number of rotatable bonds is 5. The Bertz CT molecular complexity index is 675. The second-order valence-electron chi connectivity index (χ2n) is 4.95. The average molecular weight is 297 g/mol. The molecule has 0 fully saturated rings. The third-order valence-corrected chi connectivity index (χ3v) is 3.41. The van der Waals surface area contributed by atoms with E-state index in [2.05, 4.69) is 22.2 Å². The van der Waals surface area contributed by atoms with Crippen molar-refractivity contribution in [1.82, 2.24) is 24.8 Å². The highest BCUT2D eigenvalue weighted by Crippen LogP contribution is 2.28. The molecule has 3 heterocycles. The van der Waals surface area contributed by atoms with Crippen molar-refractivity contribution in [2.45, 2.75) is 6.92 Å². The number of imidazole rings is 1. The largest absolute Gasteiger partial charge is 0.372 e. The first kappa shape index (κ1) is 14.1. The summed E-state index contributed by atoms with van der Waals surface area (Å²) in [6, 6.07) is 3.92. The van der Waals surface area contributed by atoms with Crippen molar-refractivity contribution in [3.8, 4) is 5.82 Å². The third kappa shape index (κ3) is 2.93. The summed E-state index contributed by atoms with van der Waals surface area (Å²) in [4.78, 5) is 17.4. The highest BCUT2D eigenvalue weighted by Gasteiger charge is 2.14. The lowest BCUT2D eigenvalue weighted by molar-refractivity contribution is 0.552. The van der Waals surface area contributed by atoms with Gasteiger partial charge in [0.2, 0.25) is 0 Å². The molecule has 0 amide bonds. The molecule has 0 aliphatic carbocycles. The summed E-state index contributed by atoms with van der Waals surface area (Å²) in [7, 11) is 1.99. The van der Waals surface area contributed by atoms with Crippen molar-refractivity contribution >= 4 is 17.8 Å². The standard InChI is InChI=1S/C15H19N7/c1-3-20(2)12-18-13-4-5-14(21-8-6-16-10-21)19-15(13)22-9-7-17-11-22/h4-10,12,17H,3,11H2,1-2H3. The number of hydrogen-bond donors (Lipinski definition) is 1. The SMILES string of the molecule is CCN(C)C=Nc1ccc(-n2ccnc2)nc1N1C=CNC1. The molecule has 2 aromatic heterocycles. The number of nitrogens with zero attached hydrogens (tertiary/aromatic N) is 6. The molecule has 1 aliphatic rings. The maximum Gasteiger partial charge on any atom is 0.162 e. The van der Waals surface area contributed by atoms with Gasteiger partial charge in [-0.3, -0.25) is 4.57 Å². The molecule has 0 spiro atoms. The Labute approximate surface area is 129 Å². The lowest BCUT2D eigenvalue weighted by Gasteiger charge is -2.17. The molecule has 1 N–H and O–H groups in total. The molecule has 7 heteroatoms. The molecule has 1 aliphatic heterocycles. The molecular weight excluding hydrogens is 278 g/mol. The van der Waals surface area contributed by atoms with Crippen molar-refractivity contribution in [2.24, 2.45) is 4.99 Å². The van der Waals surface area contributed by atoms with Crippen molar-refractivity contribution in [1.29, 1.82) is 0 Å². The normalized spacial score (nSPS) is 13.8. The van der Waals surface area contributed by atoms with Gasteiger partial charge >= 0.3 is 0 Å². The van der Waals surface area contributed by atoms with Gasteiger partial charge < -0.3 is 15.1 Å². The number of anilines is 1. The van der Waals surface area contributed by atoms with Crippen molar-refractivity contribution < 1.29 is 0 Å². The molecule has 7 nitrogen and oxygen atoms in total. The molecule has 0 unspecified atom stereocenters. The van der Waals surface area contributed by atoms with Crippen LogP contribution in [0.3, 0.4) is 0 Å². The second-order valence-corrected chi connectivity index (χ2v) is 4.95. The summed E-state index contributed by atoms with van der Waals surface area (Å²) in [6.45, 7) is 3.68. The summed E-state index contributed by atoms with van der Waals surface area (Å²) >= 11 is 0. The molecule has 3 rings (SSSR count). The van der Waals surface area contributed by atoms with Crippen LogP contribution in [0.5, 0.6) is 0 Å². The van der Waals surface area contributed by atoms with Crippen LogP contribution in [-0.2, 0) is 0 Å². The summed E-state index contributed by atoms with van der Waals surface area (Å²) in [5, 5.41) is 3.15. The van der Waals surface area contributed by atoms with E-state index in [9.17, 15) is 0 Å². The van der Waals surface area contributed by atoms with Crippen molar-refractivity contribution in [3.63, 3.8) is 0 Å². The van der Waals surface area contributed by atoms with Crippen LogP contribution in [0.25, 0.3) is 5.82 Å². The van der Waals surface area contributed by atoms with Crippen LogP contribution in [0.15, 0.2) is 48.2 Å². The monoisotopic (exact) mass is 297 g/mol. The van der Waals surface area contributed by atoms with Crippen LogP contribution in [0.4, 0.5) is 11.5 Å². The zero-order chi connectivity index (χ0) is 15.4. The lowest BCUT2D eigenvalue weighted by Crippen LogP contribution is -2.21. The minimum atomic E-state index is 0.687. The van der Waals surface area contributed by atoms with E-state index in [-0.39, 0.29) is 0 Å². The Morgan fingerprint density at radius 3 is 3.05 bits per heavy atom. The maximum absolute atomic E-state index is 4.73. The Kier molecular flexibility index (Phi) is 4.04. The molecule has 2 aromatic rings. The van der Waals surface area contributed by atoms with Crippen molar-refractivity contribution in [2.75, 3.05) is 25.2 Å². The van der Waals surface area contributed by atoms with Gasteiger partial charge in [-0.1, -0.05) is 0 Å². The van der Waals surface area contributed by atoms with Gasteiger partial charge in [-0.15, -0.1) is 0 Å². The molecule has 0 saturated heterocycles. The fourth-order valence-electron chi connectivity index (χ4n) is 2.02. The fourth-order valence-corrected chi connectivity index (χ4v) is 2.02. The number of pyridine rings is 1. The molecule has 22 heavy (non-hydrogen) atoms. The first-order chi connectivity index (χ1) is 10.8. The molecule has 0 aromatic carbocycles. The van der Waals surface area contributed by atoms with Gasteiger partial charge in [0.1, 0.15) is 17.8 Å². The van der Waals surface area contributed by atoms with E-state index in [1.165, 1.54) is 0 Å². The quantitative estimate of drug-likeness (QED) is 0.672. The van der Waals surface area contributed by atoms with E-state index in [1.807, 2.05) is 58.5 Å². The molecule has 0 bridgehead atoms. The number of hydrogen-bond acceptors (Lipinski definition) is 5. The zero-order valence-electron chi connectivity index (χ0n) is 12.7. The smallest absolute Gasteiger partial charge is 0.162 e. The van der Waals surface area contributed by atoms with E-state index in [4.69, 9.17) is 4.98 Å². The predicted molar refractivity (Wildman–Crippen MR) is 87.4 cm³/mol. The van der Waals surface area contributed by atoms with Gasteiger partial charge in [-0.25, -0.2) is 15.0 Å². The summed E-state index contributed by atoms with van der Waals surface area (Å²) in [5.74, 6) is 1.63. The average Bonchev–Trinajstić information content (AvgIpc) is 3.25.